The number of methoxy groups -OCH3 is 2. The lowest BCUT2D eigenvalue weighted by Gasteiger charge is -2.26. The van der Waals surface area contributed by atoms with E-state index in [4.69, 9.17) is 9.47 Å². The second-order valence-corrected chi connectivity index (χ2v) is 8.18. The van der Waals surface area contributed by atoms with Gasteiger partial charge in [0.15, 0.2) is 0 Å². The fourth-order valence-corrected chi connectivity index (χ4v) is 4.76. The lowest BCUT2D eigenvalue weighted by molar-refractivity contribution is -0.132. The standard InChI is InChI=1S/C25H31N3O4/c1-4-14-27-21-8-5-6-9-22(21)28(25(27)30)16-13-24(29)26-15-7-10-20(26)19-12-11-18(31-2)17-23(19)32-3/h5-6,8-9,11-12,17,20H,4,7,10,13-16H2,1-3H3. The Hall–Kier alpha value is -3.22. The zero-order chi connectivity index (χ0) is 22.7. The molecule has 1 atom stereocenters. The fraction of sp³-hybridized carbons (Fsp3) is 0.440. The monoisotopic (exact) mass is 437 g/mol. The van der Waals surface area contributed by atoms with Gasteiger partial charge in [-0.25, -0.2) is 4.79 Å². The minimum absolute atomic E-state index is 0.0264. The molecule has 7 nitrogen and oxygen atoms in total. The molecule has 0 spiro atoms. The number of ether oxygens (including phenoxy) is 2. The molecule has 1 fully saturated rings. The highest BCUT2D eigenvalue weighted by atomic mass is 16.5. The summed E-state index contributed by atoms with van der Waals surface area (Å²) in [5, 5.41) is 0. The Morgan fingerprint density at radius 3 is 2.41 bits per heavy atom. The van der Waals surface area contributed by atoms with Crippen LogP contribution in [-0.2, 0) is 17.9 Å². The van der Waals surface area contributed by atoms with Crippen LogP contribution in [0.4, 0.5) is 0 Å². The Labute approximate surface area is 188 Å². The van der Waals surface area contributed by atoms with Crippen molar-refractivity contribution in [1.82, 2.24) is 14.0 Å². The van der Waals surface area contributed by atoms with E-state index in [1.54, 1.807) is 23.4 Å². The van der Waals surface area contributed by atoms with Crippen molar-refractivity contribution in [3.63, 3.8) is 0 Å². The summed E-state index contributed by atoms with van der Waals surface area (Å²) in [5.74, 6) is 1.52. The number of carbonyl (C=O) groups excluding carboxylic acids is 1. The van der Waals surface area contributed by atoms with Gasteiger partial charge in [-0.1, -0.05) is 19.1 Å². The van der Waals surface area contributed by atoms with Crippen LogP contribution >= 0.6 is 0 Å². The molecule has 0 bridgehead atoms. The zero-order valence-corrected chi connectivity index (χ0v) is 19.0. The number of para-hydroxylation sites is 2. The number of rotatable bonds is 8. The number of carbonyl (C=O) groups is 1. The van der Waals surface area contributed by atoms with Crippen molar-refractivity contribution in [2.75, 3.05) is 20.8 Å². The van der Waals surface area contributed by atoms with Gasteiger partial charge >= 0.3 is 5.69 Å². The van der Waals surface area contributed by atoms with Crippen LogP contribution in [0.25, 0.3) is 11.0 Å². The third kappa shape index (κ3) is 3.99. The number of amides is 1. The van der Waals surface area contributed by atoms with Gasteiger partial charge in [0, 0.05) is 37.7 Å². The van der Waals surface area contributed by atoms with Crippen LogP contribution in [0.5, 0.6) is 11.5 Å². The predicted molar refractivity (Wildman–Crippen MR) is 124 cm³/mol. The maximum absolute atomic E-state index is 13.2. The highest BCUT2D eigenvalue weighted by Gasteiger charge is 2.32. The summed E-state index contributed by atoms with van der Waals surface area (Å²) in [6.45, 7) is 3.82. The van der Waals surface area contributed by atoms with Crippen molar-refractivity contribution in [3.05, 3.63) is 58.5 Å². The fourth-order valence-electron chi connectivity index (χ4n) is 4.76. The molecule has 0 saturated carbocycles. The van der Waals surface area contributed by atoms with Crippen LogP contribution in [0, 0.1) is 0 Å². The molecular formula is C25H31N3O4. The van der Waals surface area contributed by atoms with Gasteiger partial charge in [0.25, 0.3) is 0 Å². The van der Waals surface area contributed by atoms with Gasteiger partial charge in [-0.3, -0.25) is 13.9 Å². The van der Waals surface area contributed by atoms with E-state index < -0.39 is 0 Å². The summed E-state index contributed by atoms with van der Waals surface area (Å²) < 4.78 is 14.4. The third-order valence-electron chi connectivity index (χ3n) is 6.29. The molecule has 7 heteroatoms. The second kappa shape index (κ2) is 9.51. The summed E-state index contributed by atoms with van der Waals surface area (Å²) in [6, 6.07) is 13.5. The molecule has 1 unspecified atom stereocenters. The largest absolute Gasteiger partial charge is 0.497 e. The van der Waals surface area contributed by atoms with Crippen molar-refractivity contribution in [2.24, 2.45) is 0 Å². The van der Waals surface area contributed by atoms with Gasteiger partial charge < -0.3 is 14.4 Å². The van der Waals surface area contributed by atoms with E-state index in [-0.39, 0.29) is 24.1 Å². The van der Waals surface area contributed by atoms with Crippen molar-refractivity contribution in [2.45, 2.75) is 51.7 Å². The molecule has 3 aromatic rings. The lowest BCUT2D eigenvalue weighted by atomic mass is 10.0. The molecule has 1 saturated heterocycles. The van der Waals surface area contributed by atoms with Crippen molar-refractivity contribution < 1.29 is 14.3 Å². The normalized spacial score (nSPS) is 16.0. The van der Waals surface area contributed by atoms with E-state index >= 15 is 0 Å². The number of hydrogen-bond donors (Lipinski definition) is 0. The van der Waals surface area contributed by atoms with Gasteiger partial charge in [0.1, 0.15) is 11.5 Å². The van der Waals surface area contributed by atoms with E-state index in [1.165, 1.54) is 0 Å². The zero-order valence-electron chi connectivity index (χ0n) is 19.0. The molecule has 0 N–H and O–H groups in total. The number of benzene rings is 2. The van der Waals surface area contributed by atoms with Crippen LogP contribution in [-0.4, -0.2) is 40.7 Å². The highest BCUT2D eigenvalue weighted by molar-refractivity contribution is 5.78. The average Bonchev–Trinajstić information content (AvgIpc) is 3.41. The summed E-state index contributed by atoms with van der Waals surface area (Å²) >= 11 is 0. The molecule has 170 valence electrons. The van der Waals surface area contributed by atoms with Crippen LogP contribution in [0.2, 0.25) is 0 Å². The van der Waals surface area contributed by atoms with Crippen LogP contribution < -0.4 is 15.2 Å². The van der Waals surface area contributed by atoms with Gasteiger partial charge in [-0.15, -0.1) is 0 Å². The summed E-state index contributed by atoms with van der Waals surface area (Å²) in [7, 11) is 3.26. The predicted octanol–water partition coefficient (Wildman–Crippen LogP) is 3.98. The van der Waals surface area contributed by atoms with Crippen molar-refractivity contribution in [3.8, 4) is 11.5 Å². The van der Waals surface area contributed by atoms with Crippen LogP contribution in [0.15, 0.2) is 47.3 Å². The van der Waals surface area contributed by atoms with E-state index in [9.17, 15) is 9.59 Å². The van der Waals surface area contributed by atoms with E-state index in [1.807, 2.05) is 47.4 Å². The SMILES string of the molecule is CCCn1c(=O)n(CCC(=O)N2CCCC2c2ccc(OC)cc2OC)c2ccccc21. The van der Waals surface area contributed by atoms with E-state index in [2.05, 4.69) is 6.92 Å². The first-order valence-electron chi connectivity index (χ1n) is 11.3. The summed E-state index contributed by atoms with van der Waals surface area (Å²) in [4.78, 5) is 28.2. The average molecular weight is 438 g/mol. The van der Waals surface area contributed by atoms with Crippen LogP contribution in [0.3, 0.4) is 0 Å². The molecule has 32 heavy (non-hydrogen) atoms. The highest BCUT2D eigenvalue weighted by Crippen LogP contribution is 2.39. The molecule has 4 rings (SSSR count). The topological polar surface area (TPSA) is 65.7 Å². The molecule has 1 aliphatic rings. The summed E-state index contributed by atoms with van der Waals surface area (Å²) in [6.07, 6.45) is 3.01. The molecule has 0 aliphatic carbocycles. The first-order valence-corrected chi connectivity index (χ1v) is 11.3. The van der Waals surface area contributed by atoms with Gasteiger partial charge in [-0.05, 0) is 43.5 Å². The number of likely N-dealkylation sites (tertiary alicyclic amines) is 1. The molecule has 2 aromatic carbocycles. The number of imidazole rings is 1. The smallest absolute Gasteiger partial charge is 0.329 e. The van der Waals surface area contributed by atoms with Crippen molar-refractivity contribution in [1.29, 1.82) is 0 Å². The Morgan fingerprint density at radius 2 is 1.75 bits per heavy atom. The van der Waals surface area contributed by atoms with E-state index in [0.29, 0.717) is 19.6 Å². The maximum atomic E-state index is 13.2. The summed E-state index contributed by atoms with van der Waals surface area (Å²) in [5.41, 5.74) is 2.76. The minimum atomic E-state index is -0.0457. The molecule has 1 aliphatic heterocycles. The van der Waals surface area contributed by atoms with Gasteiger partial charge in [0.05, 0.1) is 31.3 Å². The number of fused-ring (bicyclic) bond motifs is 1. The molecule has 0 radical (unpaired) electrons. The van der Waals surface area contributed by atoms with E-state index in [0.717, 1.165) is 47.4 Å². The van der Waals surface area contributed by atoms with Crippen LogP contribution in [0.1, 0.15) is 44.2 Å². The Bertz CT molecular complexity index is 1160. The lowest BCUT2D eigenvalue weighted by Crippen LogP contribution is -2.32. The number of hydrogen-bond acceptors (Lipinski definition) is 4. The Morgan fingerprint density at radius 1 is 1.03 bits per heavy atom. The maximum Gasteiger partial charge on any atom is 0.329 e. The molecule has 2 heterocycles. The first kappa shape index (κ1) is 22.0. The number of aryl methyl sites for hydroxylation is 2. The molecular weight excluding hydrogens is 406 g/mol. The van der Waals surface area contributed by atoms with Gasteiger partial charge in [-0.2, -0.15) is 0 Å². The Kier molecular flexibility index (Phi) is 6.53. The first-order chi connectivity index (χ1) is 15.6. The Balaban J connectivity index is 1.55. The number of aromatic nitrogens is 2. The minimum Gasteiger partial charge on any atom is -0.497 e. The molecule has 1 amide bonds. The van der Waals surface area contributed by atoms with Gasteiger partial charge in [0.2, 0.25) is 5.91 Å². The second-order valence-electron chi connectivity index (χ2n) is 8.18. The third-order valence-corrected chi connectivity index (χ3v) is 6.29. The quantitative estimate of drug-likeness (QED) is 0.535. The number of nitrogens with zero attached hydrogens (tertiary/aromatic N) is 3. The van der Waals surface area contributed by atoms with Crippen molar-refractivity contribution >= 4 is 16.9 Å². The molecule has 1 aromatic heterocycles.